The van der Waals surface area contributed by atoms with Gasteiger partial charge >= 0.3 is 0 Å². The van der Waals surface area contributed by atoms with Gasteiger partial charge in [0.05, 0.1) is 0 Å². The highest BCUT2D eigenvalue weighted by Gasteiger charge is 2.02. The minimum absolute atomic E-state index is 0.267. The summed E-state index contributed by atoms with van der Waals surface area (Å²) in [6.45, 7) is 0. The molecule has 0 fully saturated rings. The van der Waals surface area contributed by atoms with E-state index in [1.165, 1.54) is 0 Å². The van der Waals surface area contributed by atoms with E-state index in [0.717, 1.165) is 4.90 Å². The van der Waals surface area contributed by atoms with Crippen LogP contribution in [0.25, 0.3) is 0 Å². The average Bonchev–Trinajstić information content (AvgIpc) is 1.94. The van der Waals surface area contributed by atoms with Crippen molar-refractivity contribution in [3.05, 3.63) is 23.2 Å². The molecule has 0 unspecified atom stereocenters. The van der Waals surface area contributed by atoms with Crippen LogP contribution in [0.4, 0.5) is 0 Å². The van der Waals surface area contributed by atoms with Gasteiger partial charge in [-0.1, -0.05) is 11.6 Å². The molecule has 0 saturated carbocycles. The summed E-state index contributed by atoms with van der Waals surface area (Å²) >= 11 is 5.76. The quantitative estimate of drug-likeness (QED) is 0.653. The lowest BCUT2D eigenvalue weighted by molar-refractivity contribution is 0.462. The second-order valence-electron chi connectivity index (χ2n) is 2.53. The monoisotopic (exact) mass is 190 g/mol. The molecule has 0 aromatic heterocycles. The summed E-state index contributed by atoms with van der Waals surface area (Å²) in [6, 6.07) is 5.15. The molecule has 0 aliphatic rings. The van der Waals surface area contributed by atoms with Crippen LogP contribution in [0.5, 0.6) is 5.75 Å². The Morgan fingerprint density at radius 3 is 2.45 bits per heavy atom. The first-order chi connectivity index (χ1) is 5.11. The number of aromatic hydroxyl groups is 1. The smallest absolute Gasteiger partial charge is 0.127 e. The van der Waals surface area contributed by atoms with Crippen LogP contribution in [0.1, 0.15) is 0 Å². The lowest BCUT2D eigenvalue weighted by Gasteiger charge is -2.11. The molecule has 1 nitrogen and oxygen atoms in total. The third kappa shape index (κ3) is 2.04. The second kappa shape index (κ2) is 3.37. The fourth-order valence-corrected chi connectivity index (χ4v) is 2.03. The van der Waals surface area contributed by atoms with Gasteiger partial charge in [0.2, 0.25) is 0 Å². The van der Waals surface area contributed by atoms with Crippen LogP contribution >= 0.6 is 22.5 Å². The van der Waals surface area contributed by atoms with Crippen LogP contribution in [0.3, 0.4) is 0 Å². The van der Waals surface area contributed by atoms with Gasteiger partial charge in [-0.2, -0.15) is 0 Å². The van der Waals surface area contributed by atoms with Gasteiger partial charge in [0.25, 0.3) is 0 Å². The summed E-state index contributed by atoms with van der Waals surface area (Å²) in [4.78, 5) is 0.965. The Bertz CT molecular complexity index is 260. The first-order valence-electron chi connectivity index (χ1n) is 3.27. The van der Waals surface area contributed by atoms with Crippen LogP contribution in [-0.4, -0.2) is 17.6 Å². The fourth-order valence-electron chi connectivity index (χ4n) is 0.855. The van der Waals surface area contributed by atoms with Crippen molar-refractivity contribution in [2.24, 2.45) is 0 Å². The number of phenols is 1. The third-order valence-corrected chi connectivity index (χ3v) is 2.98. The zero-order valence-electron chi connectivity index (χ0n) is 6.50. The first kappa shape index (κ1) is 8.75. The van der Waals surface area contributed by atoms with Crippen LogP contribution in [-0.2, 0) is 0 Å². The van der Waals surface area contributed by atoms with E-state index >= 15 is 0 Å². The normalized spacial score (nSPS) is 11.4. The zero-order chi connectivity index (χ0) is 8.43. The molecule has 0 amide bonds. The van der Waals surface area contributed by atoms with Gasteiger partial charge < -0.3 is 5.11 Å². The fraction of sp³-hybridized carbons (Fsp3) is 0.250. The highest BCUT2D eigenvalue weighted by atomic mass is 35.5. The number of hydrogen-bond donors (Lipinski definition) is 2. The topological polar surface area (TPSA) is 20.2 Å². The van der Waals surface area contributed by atoms with E-state index < -0.39 is 0 Å². The Labute approximate surface area is 74.3 Å². The van der Waals surface area contributed by atoms with Crippen molar-refractivity contribution in [3.8, 4) is 5.75 Å². The molecule has 0 bridgehead atoms. The van der Waals surface area contributed by atoms with Crippen LogP contribution in [0, 0.1) is 0 Å². The number of hydrogen-bond acceptors (Lipinski definition) is 1. The standard InChI is InChI=1S/C8H11ClOS/c1-11(2)8-5-6(9)3-4-7(8)10/h3-5,10-11H,1-2H3. The predicted octanol–water partition coefficient (Wildman–Crippen LogP) is 2.67. The Hall–Kier alpha value is -0.340. The van der Waals surface area contributed by atoms with Crippen molar-refractivity contribution in [1.29, 1.82) is 0 Å². The minimum Gasteiger partial charge on any atom is -0.507 e. The Balaban J connectivity index is 3.13. The summed E-state index contributed by atoms with van der Waals surface area (Å²) < 4.78 is 0. The van der Waals surface area contributed by atoms with Crippen LogP contribution < -0.4 is 0 Å². The molecule has 1 aromatic carbocycles. The molecule has 1 aromatic rings. The summed E-state index contributed by atoms with van der Waals surface area (Å²) in [5, 5.41) is 10.1. The molecule has 1 N–H and O–H groups in total. The third-order valence-electron chi connectivity index (χ3n) is 1.42. The number of phenolic OH excluding ortho intramolecular Hbond substituents is 1. The highest BCUT2D eigenvalue weighted by Crippen LogP contribution is 2.37. The van der Waals surface area contributed by atoms with Crippen molar-refractivity contribution in [2.75, 3.05) is 12.5 Å². The molecule has 3 heteroatoms. The Morgan fingerprint density at radius 1 is 1.36 bits per heavy atom. The molecule has 11 heavy (non-hydrogen) atoms. The molecule has 1 rings (SSSR count). The molecular formula is C8H11ClOS. The number of thiol groups is 1. The van der Waals surface area contributed by atoms with Crippen molar-refractivity contribution < 1.29 is 5.11 Å². The van der Waals surface area contributed by atoms with Crippen molar-refractivity contribution in [3.63, 3.8) is 0 Å². The van der Waals surface area contributed by atoms with E-state index in [1.54, 1.807) is 12.1 Å². The zero-order valence-corrected chi connectivity index (χ0v) is 8.15. The van der Waals surface area contributed by atoms with Crippen molar-refractivity contribution in [1.82, 2.24) is 0 Å². The lowest BCUT2D eigenvalue weighted by atomic mass is 10.3. The molecule has 0 heterocycles. The van der Waals surface area contributed by atoms with Gasteiger partial charge in [-0.15, -0.1) is 0 Å². The minimum atomic E-state index is -0.267. The Morgan fingerprint density at radius 2 is 2.00 bits per heavy atom. The van der Waals surface area contributed by atoms with E-state index in [4.69, 9.17) is 11.6 Å². The van der Waals surface area contributed by atoms with E-state index in [2.05, 4.69) is 12.5 Å². The summed E-state index contributed by atoms with van der Waals surface area (Å²) in [5.74, 6) is 0.352. The Kier molecular flexibility index (Phi) is 2.68. The van der Waals surface area contributed by atoms with Crippen LogP contribution in [0.2, 0.25) is 5.02 Å². The average molecular weight is 191 g/mol. The molecule has 0 aliphatic carbocycles. The maximum Gasteiger partial charge on any atom is 0.127 e. The second-order valence-corrected chi connectivity index (χ2v) is 5.23. The highest BCUT2D eigenvalue weighted by molar-refractivity contribution is 8.16. The summed E-state index contributed by atoms with van der Waals surface area (Å²) in [6.07, 6.45) is 4.17. The first-order valence-corrected chi connectivity index (χ1v) is 5.88. The van der Waals surface area contributed by atoms with Gasteiger partial charge in [-0.3, -0.25) is 0 Å². The molecule has 0 saturated heterocycles. The van der Waals surface area contributed by atoms with Gasteiger partial charge in [0, 0.05) is 9.92 Å². The van der Waals surface area contributed by atoms with E-state index in [9.17, 15) is 5.11 Å². The van der Waals surface area contributed by atoms with Crippen molar-refractivity contribution >= 4 is 22.5 Å². The van der Waals surface area contributed by atoms with Gasteiger partial charge in [-0.25, -0.2) is 10.9 Å². The van der Waals surface area contributed by atoms with Crippen molar-refractivity contribution in [2.45, 2.75) is 4.90 Å². The van der Waals surface area contributed by atoms with Gasteiger partial charge in [-0.05, 0) is 30.7 Å². The largest absolute Gasteiger partial charge is 0.507 e. The SMILES string of the molecule is C[SH](C)c1cc(Cl)ccc1O. The maximum absolute atomic E-state index is 9.36. The summed E-state index contributed by atoms with van der Waals surface area (Å²) in [5.41, 5.74) is 0. The van der Waals surface area contributed by atoms with E-state index in [1.807, 2.05) is 6.07 Å². The molecule has 0 radical (unpaired) electrons. The molecular weight excluding hydrogens is 180 g/mol. The lowest BCUT2D eigenvalue weighted by Crippen LogP contribution is -1.79. The van der Waals surface area contributed by atoms with E-state index in [0.29, 0.717) is 10.8 Å². The van der Waals surface area contributed by atoms with Crippen LogP contribution in [0.15, 0.2) is 23.1 Å². The maximum atomic E-state index is 9.36. The van der Waals surface area contributed by atoms with Gasteiger partial charge in [0.15, 0.2) is 0 Å². The molecule has 0 aliphatic heterocycles. The van der Waals surface area contributed by atoms with E-state index in [-0.39, 0.29) is 10.9 Å². The molecule has 0 spiro atoms. The predicted molar refractivity (Wildman–Crippen MR) is 52.2 cm³/mol. The summed E-state index contributed by atoms with van der Waals surface area (Å²) in [7, 11) is -0.267. The number of rotatable bonds is 1. The number of benzene rings is 1. The van der Waals surface area contributed by atoms with Gasteiger partial charge in [0.1, 0.15) is 5.75 Å². The molecule has 0 atom stereocenters. The number of halogens is 1. The molecule has 62 valence electrons.